The summed E-state index contributed by atoms with van der Waals surface area (Å²) in [4.78, 5) is 17.2. The van der Waals surface area contributed by atoms with Gasteiger partial charge in [-0.1, -0.05) is 36.4 Å². The van der Waals surface area contributed by atoms with E-state index >= 15 is 0 Å². The maximum Gasteiger partial charge on any atom is 0.279 e. The van der Waals surface area contributed by atoms with Crippen molar-refractivity contribution < 1.29 is 29.3 Å². The first-order valence-corrected chi connectivity index (χ1v) is 10.9. The molecule has 0 fully saturated rings. The summed E-state index contributed by atoms with van der Waals surface area (Å²) in [5, 5.41) is 30.4. The molecule has 3 N–H and O–H groups in total. The number of ether oxygens (including phenoxy) is 2. The number of fused-ring (bicyclic) bond motifs is 1. The van der Waals surface area contributed by atoms with Gasteiger partial charge in [0.2, 0.25) is 0 Å². The number of hydrogen-bond acceptors (Lipinski definition) is 7. The van der Waals surface area contributed by atoms with Gasteiger partial charge in [-0.05, 0) is 39.2 Å². The van der Waals surface area contributed by atoms with Gasteiger partial charge in [0.15, 0.2) is 18.1 Å². The van der Waals surface area contributed by atoms with E-state index in [1.54, 1.807) is 5.48 Å². The lowest BCUT2D eigenvalue weighted by Gasteiger charge is -2.15. The van der Waals surface area contributed by atoms with Crippen LogP contribution in [0.25, 0.3) is 33.3 Å². The molecule has 2 heterocycles. The summed E-state index contributed by atoms with van der Waals surface area (Å²) in [5.41, 5.74) is 4.91. The number of hydroxylamine groups is 1. The predicted molar refractivity (Wildman–Crippen MR) is 128 cm³/mol. The van der Waals surface area contributed by atoms with Crippen molar-refractivity contribution in [1.29, 1.82) is 0 Å². The number of aliphatic hydroxyl groups is 1. The quantitative estimate of drug-likeness (QED) is 0.146. The molecule has 34 heavy (non-hydrogen) atoms. The molecule has 0 saturated heterocycles. The summed E-state index contributed by atoms with van der Waals surface area (Å²) < 4.78 is 11.8. The van der Waals surface area contributed by atoms with Crippen molar-refractivity contribution in [2.45, 2.75) is 0 Å². The zero-order chi connectivity index (χ0) is 24.2. The van der Waals surface area contributed by atoms with Crippen LogP contribution in [0.15, 0.2) is 65.4 Å². The smallest absolute Gasteiger partial charge is 0.279 e. The number of rotatable bonds is 7. The number of benzene rings is 2. The molecule has 0 aliphatic carbocycles. The highest BCUT2D eigenvalue weighted by Crippen LogP contribution is 2.38. The average molecular weight is 526 g/mol. The zero-order valence-electron chi connectivity index (χ0n) is 18.0. The molecular formula is C24H20BrN3O6. The van der Waals surface area contributed by atoms with Gasteiger partial charge < -0.3 is 19.8 Å². The Morgan fingerprint density at radius 3 is 2.29 bits per heavy atom. The minimum atomic E-state index is -0.830. The van der Waals surface area contributed by atoms with Crippen LogP contribution in [0, 0.1) is 5.21 Å². The van der Waals surface area contributed by atoms with E-state index in [4.69, 9.17) is 14.6 Å². The van der Waals surface area contributed by atoms with E-state index in [9.17, 15) is 15.2 Å². The lowest BCUT2D eigenvalue weighted by Crippen LogP contribution is -2.27. The van der Waals surface area contributed by atoms with E-state index in [1.807, 2.05) is 48.5 Å². The summed E-state index contributed by atoms with van der Waals surface area (Å²) in [7, 11) is 1.39. The largest absolute Gasteiger partial charge is 0.619 e. The number of pyridine rings is 2. The monoisotopic (exact) mass is 525 g/mol. The third kappa shape index (κ3) is 4.51. The fraction of sp³-hybridized carbons (Fsp3) is 0.125. The molecule has 1 amide bonds. The highest BCUT2D eigenvalue weighted by Gasteiger charge is 2.25. The van der Waals surface area contributed by atoms with Crippen molar-refractivity contribution in [3.05, 3.63) is 76.2 Å². The number of aromatic nitrogens is 2. The van der Waals surface area contributed by atoms with Crippen LogP contribution in [0.3, 0.4) is 0 Å². The summed E-state index contributed by atoms with van der Waals surface area (Å²) in [5.74, 6) is -0.0433. The van der Waals surface area contributed by atoms with Gasteiger partial charge in [0.05, 0.1) is 24.6 Å². The van der Waals surface area contributed by atoms with Crippen molar-refractivity contribution in [2.24, 2.45) is 0 Å². The molecule has 2 aromatic carbocycles. The van der Waals surface area contributed by atoms with Gasteiger partial charge in [0, 0.05) is 5.56 Å². The summed E-state index contributed by atoms with van der Waals surface area (Å²) in [6.45, 7) is 0.181. The molecule has 0 atom stereocenters. The van der Waals surface area contributed by atoms with Crippen molar-refractivity contribution in [3.63, 3.8) is 0 Å². The Kier molecular flexibility index (Phi) is 6.92. The molecule has 0 unspecified atom stereocenters. The van der Waals surface area contributed by atoms with Crippen LogP contribution < -0.4 is 19.7 Å². The minimum absolute atomic E-state index is 0.0153. The van der Waals surface area contributed by atoms with Crippen LogP contribution in [-0.4, -0.2) is 41.5 Å². The predicted octanol–water partition coefficient (Wildman–Crippen LogP) is 3.46. The average Bonchev–Trinajstić information content (AvgIpc) is 2.86. The molecule has 0 aliphatic rings. The molecule has 4 rings (SSSR count). The molecule has 4 aromatic rings. The SMILES string of the molecule is COc1c(-c2ccc(-c3ccc(OCCO)cc3)cc2)nc2c(Br)c[n+]([O-])cc2c1C(=O)NO. The first-order chi connectivity index (χ1) is 16.5. The number of halogens is 1. The van der Waals surface area contributed by atoms with Crippen LogP contribution in [0.5, 0.6) is 11.5 Å². The van der Waals surface area contributed by atoms with Crippen molar-refractivity contribution in [3.8, 4) is 33.9 Å². The summed E-state index contributed by atoms with van der Waals surface area (Å²) in [6, 6.07) is 15.0. The normalized spacial score (nSPS) is 10.8. The fourth-order valence-electron chi connectivity index (χ4n) is 3.63. The third-order valence-electron chi connectivity index (χ3n) is 5.15. The van der Waals surface area contributed by atoms with Gasteiger partial charge in [-0.3, -0.25) is 10.0 Å². The van der Waals surface area contributed by atoms with Gasteiger partial charge >= 0.3 is 0 Å². The van der Waals surface area contributed by atoms with Gasteiger partial charge in [0.1, 0.15) is 28.1 Å². The van der Waals surface area contributed by atoms with E-state index < -0.39 is 5.91 Å². The second kappa shape index (κ2) is 10.0. The fourth-order valence-corrected chi connectivity index (χ4v) is 4.13. The molecule has 0 spiro atoms. The number of nitrogens with one attached hydrogen (secondary N) is 1. The van der Waals surface area contributed by atoms with E-state index in [0.29, 0.717) is 31.7 Å². The Morgan fingerprint density at radius 2 is 1.71 bits per heavy atom. The lowest BCUT2D eigenvalue weighted by atomic mass is 10.00. The summed E-state index contributed by atoms with van der Waals surface area (Å²) in [6.07, 6.45) is 2.48. The van der Waals surface area contributed by atoms with Crippen LogP contribution in [0.1, 0.15) is 10.4 Å². The van der Waals surface area contributed by atoms with Gasteiger partial charge in [-0.25, -0.2) is 10.5 Å². The van der Waals surface area contributed by atoms with E-state index in [-0.39, 0.29) is 29.9 Å². The van der Waals surface area contributed by atoms with E-state index in [0.717, 1.165) is 11.1 Å². The standard InChI is InChI=1S/C24H20BrN3O6/c1-33-23-20(24(30)27-31)18-12-28(32)13-19(25)22(18)26-21(23)16-4-2-14(3-5-16)15-6-8-17(9-7-15)34-11-10-29/h2-9,12-13,29,31H,10-11H2,1H3,(H,27,30). The van der Waals surface area contributed by atoms with E-state index in [2.05, 4.69) is 20.9 Å². The highest BCUT2D eigenvalue weighted by molar-refractivity contribution is 9.10. The molecule has 10 heteroatoms. The van der Waals surface area contributed by atoms with Crippen molar-refractivity contribution >= 4 is 32.7 Å². The maximum atomic E-state index is 12.5. The van der Waals surface area contributed by atoms with Crippen molar-refractivity contribution in [2.75, 3.05) is 20.3 Å². The molecule has 0 radical (unpaired) electrons. The number of carbonyl (C=O) groups is 1. The van der Waals surface area contributed by atoms with Crippen LogP contribution in [0.4, 0.5) is 0 Å². The molecular weight excluding hydrogens is 506 g/mol. The maximum absolute atomic E-state index is 12.5. The Balaban J connectivity index is 1.80. The van der Waals surface area contributed by atoms with Crippen molar-refractivity contribution in [1.82, 2.24) is 10.5 Å². The number of amides is 1. The zero-order valence-corrected chi connectivity index (χ0v) is 19.6. The topological polar surface area (TPSA) is 128 Å². The first-order valence-electron chi connectivity index (χ1n) is 10.2. The third-order valence-corrected chi connectivity index (χ3v) is 5.73. The molecule has 174 valence electrons. The van der Waals surface area contributed by atoms with Crippen LogP contribution in [0.2, 0.25) is 0 Å². The molecule has 2 aromatic heterocycles. The molecule has 0 bridgehead atoms. The molecule has 0 aliphatic heterocycles. The Bertz CT molecular complexity index is 1340. The Labute approximate surface area is 202 Å². The number of hydrogen-bond donors (Lipinski definition) is 3. The molecule has 0 saturated carbocycles. The second-order valence-corrected chi connectivity index (χ2v) is 8.07. The van der Waals surface area contributed by atoms with Gasteiger partial charge in [-0.2, -0.15) is 4.73 Å². The highest BCUT2D eigenvalue weighted by atomic mass is 79.9. The molecule has 9 nitrogen and oxygen atoms in total. The number of aliphatic hydroxyl groups excluding tert-OH is 1. The van der Waals surface area contributed by atoms with Gasteiger partial charge in [0.25, 0.3) is 5.91 Å². The van der Waals surface area contributed by atoms with Crippen LogP contribution in [-0.2, 0) is 0 Å². The number of methoxy groups -OCH3 is 1. The number of nitrogens with zero attached hydrogens (tertiary/aromatic N) is 2. The minimum Gasteiger partial charge on any atom is -0.619 e. The van der Waals surface area contributed by atoms with Gasteiger partial charge in [-0.15, -0.1) is 0 Å². The first kappa shape index (κ1) is 23.4. The second-order valence-electron chi connectivity index (χ2n) is 7.21. The Hall–Kier alpha value is -3.73. The summed E-state index contributed by atoms with van der Waals surface area (Å²) >= 11 is 3.33. The van der Waals surface area contributed by atoms with E-state index in [1.165, 1.54) is 19.5 Å². The number of carbonyl (C=O) groups excluding carboxylic acids is 1. The van der Waals surface area contributed by atoms with Crippen LogP contribution >= 0.6 is 15.9 Å². The Morgan fingerprint density at radius 1 is 1.09 bits per heavy atom. The lowest BCUT2D eigenvalue weighted by molar-refractivity contribution is -0.604.